The van der Waals surface area contributed by atoms with Crippen molar-refractivity contribution in [2.75, 3.05) is 19.7 Å². The quantitative estimate of drug-likeness (QED) is 0.430. The summed E-state index contributed by atoms with van der Waals surface area (Å²) in [5.41, 5.74) is 5.27. The summed E-state index contributed by atoms with van der Waals surface area (Å²) < 4.78 is 35.4. The topological polar surface area (TPSA) is 46.6 Å². The Hall–Kier alpha value is -1.21. The van der Waals surface area contributed by atoms with Gasteiger partial charge in [0.2, 0.25) is 18.3 Å². The fourth-order valence-electron chi connectivity index (χ4n) is 6.22. The zero-order valence-corrected chi connectivity index (χ0v) is 21.6. The summed E-state index contributed by atoms with van der Waals surface area (Å²) in [5, 5.41) is 0. The molecule has 2 fully saturated rings. The molecule has 0 bridgehead atoms. The number of hydrogen-bond donors (Lipinski definition) is 0. The van der Waals surface area contributed by atoms with Crippen LogP contribution in [-0.2, 0) is 14.4 Å². The molecule has 2 aliphatic heterocycles. The van der Waals surface area contributed by atoms with Gasteiger partial charge in [-0.3, -0.25) is 0 Å². The first-order chi connectivity index (χ1) is 14.6. The maximum absolute atomic E-state index is 13.4. The third kappa shape index (κ3) is 3.79. The molecule has 2 saturated heterocycles. The Kier molecular flexibility index (Phi) is 6.14. The van der Waals surface area contributed by atoms with Crippen LogP contribution in [0, 0.1) is 18.8 Å². The van der Waals surface area contributed by atoms with Crippen LogP contribution in [0.5, 0.6) is 0 Å². The summed E-state index contributed by atoms with van der Waals surface area (Å²) in [6.45, 7) is 15.4. The summed E-state index contributed by atoms with van der Waals surface area (Å²) >= 11 is 0. The molecule has 1 aliphatic carbocycles. The van der Waals surface area contributed by atoms with Crippen molar-refractivity contribution in [3.8, 4) is 0 Å². The molecule has 4 rings (SSSR count). The molecular formula is C25H37NO3SSi. The van der Waals surface area contributed by atoms with Gasteiger partial charge in [0.05, 0.1) is 4.90 Å². The zero-order chi connectivity index (χ0) is 22.6. The van der Waals surface area contributed by atoms with E-state index in [1.165, 1.54) is 11.1 Å². The van der Waals surface area contributed by atoms with Gasteiger partial charge in [0.15, 0.2) is 0 Å². The van der Waals surface area contributed by atoms with Gasteiger partial charge >= 0.3 is 0 Å². The first-order valence-corrected chi connectivity index (χ1v) is 15.2. The minimum absolute atomic E-state index is 0.251. The Morgan fingerprint density at radius 1 is 1.06 bits per heavy atom. The lowest BCUT2D eigenvalue weighted by molar-refractivity contribution is 0.256. The van der Waals surface area contributed by atoms with Crippen molar-refractivity contribution in [2.45, 2.75) is 69.5 Å². The van der Waals surface area contributed by atoms with Gasteiger partial charge in [-0.1, -0.05) is 68.7 Å². The maximum Gasteiger partial charge on any atom is 0.243 e. The normalized spacial score (nSPS) is 32.1. The lowest BCUT2D eigenvalue weighted by atomic mass is 9.83. The fraction of sp³-hybridized carbons (Fsp3) is 0.600. The molecular weight excluding hydrogens is 422 g/mol. The van der Waals surface area contributed by atoms with E-state index < -0.39 is 18.3 Å². The Balaban J connectivity index is 1.70. The van der Waals surface area contributed by atoms with Crippen LogP contribution in [0.2, 0.25) is 16.6 Å². The summed E-state index contributed by atoms with van der Waals surface area (Å²) in [5.74, 6) is 0.623. The summed E-state index contributed by atoms with van der Waals surface area (Å²) in [4.78, 5) is 0.398. The van der Waals surface area contributed by atoms with Crippen LogP contribution in [0.4, 0.5) is 0 Å². The molecule has 0 N–H and O–H groups in total. The average Bonchev–Trinajstić information content (AvgIpc) is 3.27. The second-order valence-electron chi connectivity index (χ2n) is 10.4. The van der Waals surface area contributed by atoms with Crippen LogP contribution < -0.4 is 0 Å². The molecule has 0 saturated carbocycles. The van der Waals surface area contributed by atoms with E-state index in [0.29, 0.717) is 40.5 Å². The molecule has 2 heterocycles. The molecule has 170 valence electrons. The highest BCUT2D eigenvalue weighted by molar-refractivity contribution is 7.89. The van der Waals surface area contributed by atoms with Crippen LogP contribution in [0.3, 0.4) is 0 Å². The van der Waals surface area contributed by atoms with Crippen molar-refractivity contribution in [3.05, 3.63) is 53.1 Å². The monoisotopic (exact) mass is 459 g/mol. The second kappa shape index (κ2) is 8.29. The van der Waals surface area contributed by atoms with Gasteiger partial charge in [0.25, 0.3) is 0 Å². The number of nitrogens with zero attached hydrogens (tertiary/aromatic N) is 1. The highest BCUT2D eigenvalue weighted by Gasteiger charge is 2.58. The van der Waals surface area contributed by atoms with Crippen molar-refractivity contribution in [2.24, 2.45) is 11.8 Å². The molecule has 0 spiro atoms. The molecule has 6 heteroatoms. The molecule has 1 aromatic rings. The third-order valence-electron chi connectivity index (χ3n) is 7.87. The molecule has 31 heavy (non-hydrogen) atoms. The SMILES string of the molecule is C/C1=C/[C@H]2[C@@H](CO[Si]2(C(C)C)C(C)C)[C@@H]2CN(S(=O)(=O)c3ccc(C)cc3)C/C2=C/C1. The van der Waals surface area contributed by atoms with Gasteiger partial charge in [0, 0.05) is 31.2 Å². The Morgan fingerprint density at radius 3 is 2.32 bits per heavy atom. The Morgan fingerprint density at radius 2 is 1.71 bits per heavy atom. The lowest BCUT2D eigenvalue weighted by Crippen LogP contribution is -2.46. The molecule has 0 unspecified atom stereocenters. The molecule has 4 nitrogen and oxygen atoms in total. The van der Waals surface area contributed by atoms with E-state index in [9.17, 15) is 8.42 Å². The van der Waals surface area contributed by atoms with Crippen LogP contribution in [0.1, 0.15) is 46.6 Å². The molecule has 3 atom stereocenters. The number of sulfonamides is 1. The van der Waals surface area contributed by atoms with Crippen molar-refractivity contribution in [1.29, 1.82) is 0 Å². The maximum atomic E-state index is 13.4. The predicted molar refractivity (Wildman–Crippen MR) is 129 cm³/mol. The standard InChI is InChI=1S/C25H37NO3SSi/c1-17(2)31(18(3)4)25-13-20(6)7-10-21-14-26(15-23(21)24(25)16-29-31)30(27,28)22-11-8-19(5)9-12-22/h8-13,17-18,23-25H,7,14-16H2,1-6H3/b20-13-,21-10-/t23-,24+,25+/m1/s1. The van der Waals surface area contributed by atoms with Crippen molar-refractivity contribution in [3.63, 3.8) is 0 Å². The van der Waals surface area contributed by atoms with E-state index in [2.05, 4.69) is 46.8 Å². The first-order valence-electron chi connectivity index (χ1n) is 11.6. The van der Waals surface area contributed by atoms with Crippen LogP contribution in [-0.4, -0.2) is 40.7 Å². The number of benzene rings is 1. The van der Waals surface area contributed by atoms with E-state index >= 15 is 0 Å². The Labute approximate surface area is 189 Å². The molecule has 1 aromatic carbocycles. The molecule has 0 aromatic heterocycles. The Bertz CT molecular complexity index is 986. The number of hydrogen-bond acceptors (Lipinski definition) is 3. The molecule has 0 amide bonds. The molecule has 3 aliphatic rings. The van der Waals surface area contributed by atoms with Crippen molar-refractivity contribution < 1.29 is 12.8 Å². The summed E-state index contributed by atoms with van der Waals surface area (Å²) in [6.07, 6.45) is 5.71. The van der Waals surface area contributed by atoms with Gasteiger partial charge in [-0.15, -0.1) is 0 Å². The van der Waals surface area contributed by atoms with Gasteiger partial charge in [-0.25, -0.2) is 8.42 Å². The van der Waals surface area contributed by atoms with Crippen molar-refractivity contribution in [1.82, 2.24) is 4.31 Å². The minimum Gasteiger partial charge on any atom is -0.415 e. The van der Waals surface area contributed by atoms with Gasteiger partial charge in [0.1, 0.15) is 0 Å². The average molecular weight is 460 g/mol. The highest BCUT2D eigenvalue weighted by atomic mass is 32.2. The van der Waals surface area contributed by atoms with E-state index in [4.69, 9.17) is 4.43 Å². The van der Waals surface area contributed by atoms with E-state index in [1.54, 1.807) is 16.4 Å². The predicted octanol–water partition coefficient (Wildman–Crippen LogP) is 5.67. The second-order valence-corrected chi connectivity index (χ2v) is 17.3. The van der Waals surface area contributed by atoms with Gasteiger partial charge < -0.3 is 4.43 Å². The largest absolute Gasteiger partial charge is 0.415 e. The number of aryl methyl sites for hydroxylation is 1. The number of allylic oxidation sites excluding steroid dienone is 3. The van der Waals surface area contributed by atoms with E-state index in [-0.39, 0.29) is 5.92 Å². The number of rotatable bonds is 4. The third-order valence-corrected chi connectivity index (χ3v) is 15.6. The number of fused-ring (bicyclic) bond motifs is 3. The fourth-order valence-corrected chi connectivity index (χ4v) is 13.4. The summed E-state index contributed by atoms with van der Waals surface area (Å²) in [7, 11) is -5.51. The van der Waals surface area contributed by atoms with Crippen LogP contribution in [0.25, 0.3) is 0 Å². The van der Waals surface area contributed by atoms with Crippen molar-refractivity contribution >= 4 is 18.3 Å². The smallest absolute Gasteiger partial charge is 0.243 e. The van der Waals surface area contributed by atoms with Crippen LogP contribution >= 0.6 is 0 Å². The van der Waals surface area contributed by atoms with Gasteiger partial charge in [-0.05, 0) is 49.4 Å². The van der Waals surface area contributed by atoms with Gasteiger partial charge in [-0.2, -0.15) is 4.31 Å². The lowest BCUT2D eigenvalue weighted by Gasteiger charge is -2.40. The minimum atomic E-state index is -3.50. The first kappa shape index (κ1) is 23.0. The summed E-state index contributed by atoms with van der Waals surface area (Å²) in [6, 6.07) is 7.24. The van der Waals surface area contributed by atoms with E-state index in [0.717, 1.165) is 18.6 Å². The zero-order valence-electron chi connectivity index (χ0n) is 19.8. The van der Waals surface area contributed by atoms with Crippen LogP contribution in [0.15, 0.2) is 52.5 Å². The highest BCUT2D eigenvalue weighted by Crippen LogP contribution is 2.56. The van der Waals surface area contributed by atoms with E-state index in [1.807, 2.05) is 19.1 Å². The molecule has 0 radical (unpaired) electrons.